The smallest absolute Gasteiger partial charge is 0.279 e. The van der Waals surface area contributed by atoms with Gasteiger partial charge < -0.3 is 14.0 Å². The lowest BCUT2D eigenvalue weighted by Crippen LogP contribution is -2.17. The van der Waals surface area contributed by atoms with Gasteiger partial charge in [-0.25, -0.2) is 0 Å². The van der Waals surface area contributed by atoms with Gasteiger partial charge in [-0.2, -0.15) is 4.99 Å². The van der Waals surface area contributed by atoms with Crippen LogP contribution in [0, 0.1) is 12.3 Å². The first kappa shape index (κ1) is 17.9. The fourth-order valence-corrected chi connectivity index (χ4v) is 4.27. The third-order valence-corrected chi connectivity index (χ3v) is 5.81. The van der Waals surface area contributed by atoms with Gasteiger partial charge in [0.25, 0.3) is 5.91 Å². The molecule has 1 amide bonds. The Balaban J connectivity index is 1.83. The first-order valence-electron chi connectivity index (χ1n) is 7.98. The Bertz CT molecular complexity index is 1170. The second kappa shape index (κ2) is 7.28. The summed E-state index contributed by atoms with van der Waals surface area (Å²) in [5.41, 5.74) is 1.06. The van der Waals surface area contributed by atoms with Crippen molar-refractivity contribution in [1.29, 1.82) is 0 Å². The van der Waals surface area contributed by atoms with Crippen molar-refractivity contribution in [2.45, 2.75) is 6.54 Å². The molecule has 4 rings (SSSR count). The number of terminal acetylenes is 1. The van der Waals surface area contributed by atoms with Crippen LogP contribution < -0.4 is 14.3 Å². The van der Waals surface area contributed by atoms with E-state index in [2.05, 4.69) is 10.9 Å². The van der Waals surface area contributed by atoms with E-state index in [1.54, 1.807) is 28.8 Å². The average molecular weight is 419 g/mol. The van der Waals surface area contributed by atoms with Crippen molar-refractivity contribution in [3.05, 3.63) is 50.7 Å². The van der Waals surface area contributed by atoms with E-state index in [0.717, 1.165) is 4.70 Å². The van der Waals surface area contributed by atoms with E-state index in [1.807, 2.05) is 6.07 Å². The Kier molecular flexibility index (Phi) is 4.83. The molecule has 1 aliphatic heterocycles. The zero-order chi connectivity index (χ0) is 19.0. The van der Waals surface area contributed by atoms with Crippen molar-refractivity contribution in [3.63, 3.8) is 0 Å². The van der Waals surface area contributed by atoms with E-state index < -0.39 is 5.91 Å². The first-order valence-corrected chi connectivity index (χ1v) is 9.55. The topological polar surface area (TPSA) is 52.8 Å². The van der Waals surface area contributed by atoms with Crippen LogP contribution in [0.3, 0.4) is 0 Å². The lowest BCUT2D eigenvalue weighted by atomic mass is 10.2. The molecule has 136 valence electrons. The third kappa shape index (κ3) is 3.30. The van der Waals surface area contributed by atoms with Crippen molar-refractivity contribution in [2.24, 2.45) is 4.99 Å². The molecule has 1 aromatic heterocycles. The summed E-state index contributed by atoms with van der Waals surface area (Å²) in [5.74, 6) is 3.30. The lowest BCUT2D eigenvalue weighted by molar-refractivity contribution is 0.0996. The van der Waals surface area contributed by atoms with E-state index in [-0.39, 0.29) is 6.54 Å². The molecule has 0 aliphatic carbocycles. The zero-order valence-corrected chi connectivity index (χ0v) is 16.2. The average Bonchev–Trinajstić information content (AvgIpc) is 3.02. The molecule has 8 heteroatoms. The van der Waals surface area contributed by atoms with Crippen molar-refractivity contribution in [1.82, 2.24) is 4.57 Å². The van der Waals surface area contributed by atoms with Gasteiger partial charge in [-0.15, -0.1) is 6.42 Å². The molecule has 0 N–H and O–H groups in total. The highest BCUT2D eigenvalue weighted by molar-refractivity contribution is 7.16. The summed E-state index contributed by atoms with van der Waals surface area (Å²) in [7, 11) is 0. The lowest BCUT2D eigenvalue weighted by Gasteiger charge is -2.18. The van der Waals surface area contributed by atoms with Crippen molar-refractivity contribution in [3.8, 4) is 23.8 Å². The number of benzene rings is 2. The van der Waals surface area contributed by atoms with Gasteiger partial charge in [0.2, 0.25) is 0 Å². The fraction of sp³-hybridized carbons (Fsp3) is 0.158. The maximum atomic E-state index is 12.7. The van der Waals surface area contributed by atoms with Crippen LogP contribution in [0.25, 0.3) is 10.2 Å². The van der Waals surface area contributed by atoms with E-state index in [0.29, 0.717) is 50.6 Å². The molecule has 0 atom stereocenters. The van der Waals surface area contributed by atoms with Crippen LogP contribution in [0.1, 0.15) is 10.4 Å². The highest BCUT2D eigenvalue weighted by Gasteiger charge is 2.16. The molecule has 1 aliphatic rings. The van der Waals surface area contributed by atoms with Gasteiger partial charge >= 0.3 is 0 Å². The highest BCUT2D eigenvalue weighted by Crippen LogP contribution is 2.33. The van der Waals surface area contributed by atoms with Gasteiger partial charge in [-0.05, 0) is 30.3 Å². The SMILES string of the molecule is C#CCn1c(=NC(=O)c2ccc3c(c2)OCCO3)sc2ccc(Cl)c(Cl)c21. The predicted octanol–water partition coefficient (Wildman–Crippen LogP) is 4.16. The number of thiazole rings is 1. The van der Waals surface area contributed by atoms with Gasteiger partial charge in [-0.1, -0.05) is 40.5 Å². The highest BCUT2D eigenvalue weighted by atomic mass is 35.5. The van der Waals surface area contributed by atoms with Gasteiger partial charge in [0.15, 0.2) is 16.3 Å². The van der Waals surface area contributed by atoms with E-state index in [4.69, 9.17) is 39.1 Å². The number of fused-ring (bicyclic) bond motifs is 2. The quantitative estimate of drug-likeness (QED) is 0.587. The van der Waals surface area contributed by atoms with E-state index >= 15 is 0 Å². The molecule has 2 aromatic carbocycles. The number of carbonyl (C=O) groups is 1. The Morgan fingerprint density at radius 2 is 2.00 bits per heavy atom. The summed E-state index contributed by atoms with van der Waals surface area (Å²) in [6.45, 7) is 1.15. The maximum absolute atomic E-state index is 12.7. The molecule has 0 radical (unpaired) electrons. The van der Waals surface area contributed by atoms with Crippen molar-refractivity contribution >= 4 is 50.7 Å². The summed E-state index contributed by atoms with van der Waals surface area (Å²) < 4.78 is 13.6. The van der Waals surface area contributed by atoms with E-state index in [1.165, 1.54) is 11.3 Å². The molecule has 3 aromatic rings. The monoisotopic (exact) mass is 418 g/mol. The van der Waals surface area contributed by atoms with Crippen LogP contribution in [-0.4, -0.2) is 23.7 Å². The van der Waals surface area contributed by atoms with Gasteiger partial charge in [0.05, 0.1) is 26.8 Å². The first-order chi connectivity index (χ1) is 13.1. The minimum absolute atomic E-state index is 0.216. The molecule has 0 spiro atoms. The third-order valence-electron chi connectivity index (χ3n) is 3.97. The molecule has 0 saturated carbocycles. The number of halogens is 2. The molecule has 27 heavy (non-hydrogen) atoms. The number of carbonyl (C=O) groups excluding carboxylic acids is 1. The summed E-state index contributed by atoms with van der Waals surface area (Å²) in [5, 5.41) is 0.798. The molecule has 0 bridgehead atoms. The standard InChI is InChI=1S/C19H12Cl2N2O3S/c1-2-7-23-17-15(6-4-12(20)16(17)21)27-19(23)22-18(24)11-3-5-13-14(10-11)26-9-8-25-13/h1,3-6,10H,7-9H2. The molecule has 5 nitrogen and oxygen atoms in total. The van der Waals surface area contributed by atoms with Crippen LogP contribution in [0.15, 0.2) is 35.3 Å². The Morgan fingerprint density at radius 3 is 2.78 bits per heavy atom. The summed E-state index contributed by atoms with van der Waals surface area (Å²) in [6.07, 6.45) is 5.49. The summed E-state index contributed by atoms with van der Waals surface area (Å²) >= 11 is 13.8. The zero-order valence-electron chi connectivity index (χ0n) is 13.9. The van der Waals surface area contributed by atoms with Crippen molar-refractivity contribution < 1.29 is 14.3 Å². The molecule has 0 unspecified atom stereocenters. The number of hydrogen-bond acceptors (Lipinski definition) is 4. The second-order valence-corrected chi connectivity index (χ2v) is 7.45. The van der Waals surface area contributed by atoms with Crippen LogP contribution >= 0.6 is 34.5 Å². The Morgan fingerprint density at radius 1 is 1.22 bits per heavy atom. The number of hydrogen-bond donors (Lipinski definition) is 0. The maximum Gasteiger partial charge on any atom is 0.279 e. The number of nitrogens with zero attached hydrogens (tertiary/aromatic N) is 2. The second-order valence-electron chi connectivity index (χ2n) is 5.66. The number of amides is 1. The predicted molar refractivity (Wildman–Crippen MR) is 106 cm³/mol. The number of ether oxygens (including phenoxy) is 2. The van der Waals surface area contributed by atoms with Crippen LogP contribution in [0.4, 0.5) is 0 Å². The number of rotatable bonds is 2. The number of aromatic nitrogens is 1. The largest absolute Gasteiger partial charge is 0.486 e. The normalized spacial score (nSPS) is 13.6. The molecule has 0 saturated heterocycles. The van der Waals surface area contributed by atoms with Crippen LogP contribution in [0.5, 0.6) is 11.5 Å². The van der Waals surface area contributed by atoms with Crippen LogP contribution in [0.2, 0.25) is 10.0 Å². The minimum Gasteiger partial charge on any atom is -0.486 e. The Hall–Kier alpha value is -2.46. The van der Waals surface area contributed by atoms with Crippen LogP contribution in [-0.2, 0) is 6.54 Å². The van der Waals surface area contributed by atoms with Gasteiger partial charge in [0, 0.05) is 5.56 Å². The molecule has 2 heterocycles. The molecular formula is C19H12Cl2N2O3S. The van der Waals surface area contributed by atoms with E-state index in [9.17, 15) is 4.79 Å². The fourth-order valence-electron chi connectivity index (χ4n) is 2.75. The Labute approximate surface area is 168 Å². The van der Waals surface area contributed by atoms with Gasteiger partial charge in [0.1, 0.15) is 13.2 Å². The molecule has 0 fully saturated rings. The van der Waals surface area contributed by atoms with Crippen molar-refractivity contribution in [2.75, 3.05) is 13.2 Å². The van der Waals surface area contributed by atoms with Gasteiger partial charge in [-0.3, -0.25) is 4.79 Å². The molecular weight excluding hydrogens is 407 g/mol. The summed E-state index contributed by atoms with van der Waals surface area (Å²) in [6, 6.07) is 8.52. The minimum atomic E-state index is -0.411. The summed E-state index contributed by atoms with van der Waals surface area (Å²) in [4.78, 5) is 17.4.